The highest BCUT2D eigenvalue weighted by molar-refractivity contribution is 6.30. The van der Waals surface area contributed by atoms with Crippen molar-refractivity contribution in [3.63, 3.8) is 0 Å². The van der Waals surface area contributed by atoms with E-state index in [2.05, 4.69) is 0 Å². The largest absolute Gasteiger partial charge is 0.464 e. The number of halogens is 2. The van der Waals surface area contributed by atoms with Gasteiger partial charge in [-0.3, -0.25) is 0 Å². The van der Waals surface area contributed by atoms with E-state index in [9.17, 15) is 0 Å². The molecular formula is C23H16Cl2N2O3. The molecular weight excluding hydrogens is 423 g/mol. The van der Waals surface area contributed by atoms with Crippen molar-refractivity contribution in [3.05, 3.63) is 87.4 Å². The molecule has 3 heterocycles. The topological polar surface area (TPSA) is 43.3 Å². The van der Waals surface area contributed by atoms with Gasteiger partial charge < -0.3 is 14.2 Å². The van der Waals surface area contributed by atoms with Crippen molar-refractivity contribution in [1.29, 1.82) is 0 Å². The number of nitrogens with zero attached hydrogens (tertiary/aromatic N) is 2. The minimum Gasteiger partial charge on any atom is -0.464 e. The summed E-state index contributed by atoms with van der Waals surface area (Å²) in [6, 6.07) is 19.4. The molecule has 0 amide bonds. The highest BCUT2D eigenvalue weighted by atomic mass is 35.5. The zero-order valence-corrected chi connectivity index (χ0v) is 17.2. The van der Waals surface area contributed by atoms with Gasteiger partial charge in [0.25, 0.3) is 0 Å². The molecule has 0 aromatic heterocycles. The van der Waals surface area contributed by atoms with Crippen molar-refractivity contribution in [2.75, 3.05) is 6.79 Å². The van der Waals surface area contributed by atoms with E-state index in [0.717, 1.165) is 46.1 Å². The molecule has 0 radical (unpaired) electrons. The summed E-state index contributed by atoms with van der Waals surface area (Å²) in [4.78, 5) is 0. The van der Waals surface area contributed by atoms with Gasteiger partial charge in [-0.15, -0.1) is 0 Å². The molecule has 0 aliphatic carbocycles. The van der Waals surface area contributed by atoms with Gasteiger partial charge in [0.2, 0.25) is 13.0 Å². The van der Waals surface area contributed by atoms with Crippen LogP contribution in [0.4, 0.5) is 0 Å². The quantitative estimate of drug-likeness (QED) is 0.494. The van der Waals surface area contributed by atoms with Gasteiger partial charge in [0.15, 0.2) is 11.5 Å². The number of ether oxygens (including phenoxy) is 3. The second kappa shape index (κ2) is 6.83. The van der Waals surface area contributed by atoms with Crippen molar-refractivity contribution in [3.8, 4) is 17.2 Å². The lowest BCUT2D eigenvalue weighted by Crippen LogP contribution is -2.33. The Bertz CT molecular complexity index is 1180. The molecule has 150 valence electrons. The molecule has 0 saturated carbocycles. The summed E-state index contributed by atoms with van der Waals surface area (Å²) in [7, 11) is 0. The molecule has 3 aromatic carbocycles. The number of hydrogen-bond donors (Lipinski definition) is 0. The number of hydrazone groups is 1. The number of fused-ring (bicyclic) bond motifs is 4. The van der Waals surface area contributed by atoms with Gasteiger partial charge in [0.1, 0.15) is 5.75 Å². The van der Waals surface area contributed by atoms with E-state index in [1.807, 2.05) is 65.7 Å². The van der Waals surface area contributed by atoms with E-state index in [4.69, 9.17) is 42.5 Å². The first kappa shape index (κ1) is 17.9. The average molecular weight is 439 g/mol. The van der Waals surface area contributed by atoms with Crippen molar-refractivity contribution in [1.82, 2.24) is 5.01 Å². The zero-order chi connectivity index (χ0) is 20.2. The van der Waals surface area contributed by atoms with Gasteiger partial charge in [0, 0.05) is 33.2 Å². The molecule has 2 atom stereocenters. The molecule has 2 unspecified atom stereocenters. The number of benzene rings is 3. The number of hydrogen-bond acceptors (Lipinski definition) is 5. The van der Waals surface area contributed by atoms with Gasteiger partial charge in [0.05, 0.1) is 11.8 Å². The summed E-state index contributed by atoms with van der Waals surface area (Å²) in [5, 5.41) is 8.35. The molecule has 0 N–H and O–H groups in total. The Morgan fingerprint density at radius 3 is 2.47 bits per heavy atom. The molecule has 0 spiro atoms. The standard InChI is InChI=1S/C23H16Cl2N2O3/c24-15-4-1-13(2-5-15)23-27-19(17-10-16(25)6-8-20(17)30-23)11-18(26-27)14-3-7-21-22(9-14)29-12-28-21/h1-10,19,23H,11-12H2. The van der Waals surface area contributed by atoms with E-state index in [1.54, 1.807) is 0 Å². The van der Waals surface area contributed by atoms with Crippen LogP contribution >= 0.6 is 23.2 Å². The third-order valence-electron chi connectivity index (χ3n) is 5.61. The molecule has 3 aromatic rings. The Morgan fingerprint density at radius 2 is 1.60 bits per heavy atom. The van der Waals surface area contributed by atoms with Crippen LogP contribution < -0.4 is 14.2 Å². The molecule has 0 fully saturated rings. The Hall–Kier alpha value is -2.89. The molecule has 5 nitrogen and oxygen atoms in total. The monoisotopic (exact) mass is 438 g/mol. The minimum absolute atomic E-state index is 0.0218. The Balaban J connectivity index is 1.43. The Morgan fingerprint density at radius 1 is 0.833 bits per heavy atom. The highest BCUT2D eigenvalue weighted by Crippen LogP contribution is 2.48. The van der Waals surface area contributed by atoms with Crippen molar-refractivity contribution < 1.29 is 14.2 Å². The van der Waals surface area contributed by atoms with Crippen LogP contribution in [0.15, 0.2) is 65.8 Å². The summed E-state index contributed by atoms with van der Waals surface area (Å²) < 4.78 is 17.3. The smallest absolute Gasteiger partial charge is 0.231 e. The lowest BCUT2D eigenvalue weighted by atomic mass is 9.95. The van der Waals surface area contributed by atoms with Crippen LogP contribution in [-0.2, 0) is 0 Å². The lowest BCUT2D eigenvalue weighted by molar-refractivity contribution is -0.0190. The fraction of sp³-hybridized carbons (Fsp3) is 0.174. The third kappa shape index (κ3) is 2.89. The lowest BCUT2D eigenvalue weighted by Gasteiger charge is -2.38. The van der Waals surface area contributed by atoms with E-state index in [0.29, 0.717) is 10.0 Å². The molecule has 0 saturated heterocycles. The number of rotatable bonds is 2. The fourth-order valence-corrected chi connectivity index (χ4v) is 4.46. The van der Waals surface area contributed by atoms with Crippen LogP contribution in [0.5, 0.6) is 17.2 Å². The molecule has 30 heavy (non-hydrogen) atoms. The third-order valence-corrected chi connectivity index (χ3v) is 6.10. The van der Waals surface area contributed by atoms with E-state index in [1.165, 1.54) is 0 Å². The van der Waals surface area contributed by atoms with Crippen LogP contribution in [0.1, 0.15) is 35.4 Å². The second-order valence-electron chi connectivity index (χ2n) is 7.42. The SMILES string of the molecule is Clc1ccc(C2Oc3ccc(Cl)cc3C3CC(c4ccc5c(c4)OCO5)=NN32)cc1. The van der Waals surface area contributed by atoms with E-state index < -0.39 is 0 Å². The fourth-order valence-electron chi connectivity index (χ4n) is 4.16. The van der Waals surface area contributed by atoms with Crippen LogP contribution in [0.3, 0.4) is 0 Å². The van der Waals surface area contributed by atoms with Crippen LogP contribution in [0.25, 0.3) is 0 Å². The summed E-state index contributed by atoms with van der Waals surface area (Å²) in [6.45, 7) is 0.248. The first-order valence-corrected chi connectivity index (χ1v) is 10.4. The van der Waals surface area contributed by atoms with Gasteiger partial charge >= 0.3 is 0 Å². The zero-order valence-electron chi connectivity index (χ0n) is 15.7. The van der Waals surface area contributed by atoms with Crippen molar-refractivity contribution in [2.24, 2.45) is 5.10 Å². The average Bonchev–Trinajstić information content (AvgIpc) is 3.41. The van der Waals surface area contributed by atoms with Gasteiger partial charge in [-0.2, -0.15) is 5.10 Å². The summed E-state index contributed by atoms with van der Waals surface area (Å²) in [5.41, 5.74) is 3.99. The van der Waals surface area contributed by atoms with Gasteiger partial charge in [-0.05, 0) is 48.5 Å². The normalized spacial score (nSPS) is 21.0. The van der Waals surface area contributed by atoms with E-state index >= 15 is 0 Å². The summed E-state index contributed by atoms with van der Waals surface area (Å²) in [6.07, 6.45) is 0.382. The van der Waals surface area contributed by atoms with Crippen LogP contribution in [0.2, 0.25) is 10.0 Å². The van der Waals surface area contributed by atoms with Gasteiger partial charge in [-0.1, -0.05) is 35.3 Å². The maximum absolute atomic E-state index is 6.36. The molecule has 3 aliphatic rings. The summed E-state index contributed by atoms with van der Waals surface area (Å²) in [5.74, 6) is 2.33. The first-order valence-electron chi connectivity index (χ1n) is 9.63. The molecule has 0 bridgehead atoms. The minimum atomic E-state index is -0.354. The predicted octanol–water partition coefficient (Wildman–Crippen LogP) is 5.96. The molecule has 6 rings (SSSR count). The Labute approximate surface area is 183 Å². The summed E-state index contributed by atoms with van der Waals surface area (Å²) >= 11 is 12.4. The Kier molecular flexibility index (Phi) is 4.08. The van der Waals surface area contributed by atoms with E-state index in [-0.39, 0.29) is 19.1 Å². The first-order chi connectivity index (χ1) is 14.7. The predicted molar refractivity (Wildman–Crippen MR) is 115 cm³/mol. The van der Waals surface area contributed by atoms with Crippen molar-refractivity contribution in [2.45, 2.75) is 18.7 Å². The maximum Gasteiger partial charge on any atom is 0.231 e. The molecule has 7 heteroatoms. The maximum atomic E-state index is 6.36. The van der Waals surface area contributed by atoms with Gasteiger partial charge in [-0.25, -0.2) is 5.01 Å². The van der Waals surface area contributed by atoms with Crippen molar-refractivity contribution >= 4 is 28.9 Å². The van der Waals surface area contributed by atoms with Crippen LogP contribution in [-0.4, -0.2) is 17.5 Å². The molecule has 3 aliphatic heterocycles. The second-order valence-corrected chi connectivity index (χ2v) is 8.29. The van der Waals surface area contributed by atoms with Crippen LogP contribution in [0, 0.1) is 0 Å². The highest BCUT2D eigenvalue weighted by Gasteiger charge is 2.41.